The Morgan fingerprint density at radius 2 is 1.35 bits per heavy atom. The number of amides is 2. The minimum atomic E-state index is -0.151. The Morgan fingerprint density at radius 1 is 0.824 bits per heavy atom. The monoisotopic (exact) mass is 635 g/mol. The molecule has 0 saturated heterocycles. The van der Waals surface area contributed by atoms with Gasteiger partial charge in [0.25, 0.3) is 11.8 Å². The number of fused-ring (bicyclic) bond motifs is 2. The molecule has 8 heteroatoms. The second-order valence-electron chi connectivity index (χ2n) is 8.55. The summed E-state index contributed by atoms with van der Waals surface area (Å²) in [6.07, 6.45) is 4.26. The zero-order chi connectivity index (χ0) is 24.0. The highest BCUT2D eigenvalue weighted by Crippen LogP contribution is 2.49. The fourth-order valence-corrected chi connectivity index (χ4v) is 8.78. The molecule has 0 bridgehead atoms. The molecule has 4 aromatic rings. The lowest BCUT2D eigenvalue weighted by molar-refractivity contribution is 0.0624. The van der Waals surface area contributed by atoms with Gasteiger partial charge in [-0.3, -0.25) is 14.5 Å². The van der Waals surface area contributed by atoms with Crippen LogP contribution in [0.3, 0.4) is 0 Å². The Labute approximate surface area is 228 Å². The first kappa shape index (κ1) is 24.4. The van der Waals surface area contributed by atoms with Crippen molar-refractivity contribution < 1.29 is 9.59 Å². The molecule has 1 atom stereocenters. The summed E-state index contributed by atoms with van der Waals surface area (Å²) in [4.78, 5) is 32.9. The molecular formula is C26H23Br2NO2S3. The standard InChI is InChI=1S/C26H23Br2NO2S3/c1-3-5-6-14(4-2)13-29-25(30)17-11-15-16(12-18(17)26(29)31)24(20-8-10-22(28)33-20)34-23(15)19-7-9-21(27)32-19/h7-12,14H,3-6,13H2,1-2H3. The van der Waals surface area contributed by atoms with Crippen LogP contribution >= 0.6 is 65.9 Å². The molecular weight excluding hydrogens is 614 g/mol. The Kier molecular flexibility index (Phi) is 7.15. The summed E-state index contributed by atoms with van der Waals surface area (Å²) in [6, 6.07) is 12.3. The van der Waals surface area contributed by atoms with Gasteiger partial charge in [-0.05, 0) is 80.6 Å². The number of rotatable bonds is 8. The van der Waals surface area contributed by atoms with Gasteiger partial charge in [-0.2, -0.15) is 0 Å². The van der Waals surface area contributed by atoms with E-state index in [1.807, 2.05) is 12.1 Å². The molecule has 34 heavy (non-hydrogen) atoms. The summed E-state index contributed by atoms with van der Waals surface area (Å²) < 4.78 is 2.14. The summed E-state index contributed by atoms with van der Waals surface area (Å²) in [6.45, 7) is 4.82. The van der Waals surface area contributed by atoms with Gasteiger partial charge in [0.2, 0.25) is 0 Å². The van der Waals surface area contributed by atoms with Crippen molar-refractivity contribution >= 4 is 88.5 Å². The normalized spacial score (nSPS) is 14.4. The average molecular weight is 637 g/mol. The van der Waals surface area contributed by atoms with E-state index in [1.165, 1.54) is 4.90 Å². The highest BCUT2D eigenvalue weighted by Gasteiger charge is 2.37. The van der Waals surface area contributed by atoms with Crippen LogP contribution in [0, 0.1) is 5.92 Å². The van der Waals surface area contributed by atoms with Crippen molar-refractivity contribution in [3.05, 3.63) is 55.1 Å². The first-order valence-electron chi connectivity index (χ1n) is 11.4. The second kappa shape index (κ2) is 9.97. The Bertz CT molecular complexity index is 1310. The van der Waals surface area contributed by atoms with Gasteiger partial charge in [0.1, 0.15) is 0 Å². The van der Waals surface area contributed by atoms with Crippen LogP contribution in [0.2, 0.25) is 0 Å². The number of carbonyl (C=O) groups is 2. The average Bonchev–Trinajstić information content (AvgIpc) is 3.58. The lowest BCUT2D eigenvalue weighted by atomic mass is 9.99. The molecule has 0 saturated carbocycles. The molecule has 3 nitrogen and oxygen atoms in total. The van der Waals surface area contributed by atoms with Crippen molar-refractivity contribution in [1.82, 2.24) is 4.90 Å². The largest absolute Gasteiger partial charge is 0.274 e. The molecule has 0 aliphatic carbocycles. The van der Waals surface area contributed by atoms with E-state index in [4.69, 9.17) is 0 Å². The van der Waals surface area contributed by atoms with Gasteiger partial charge < -0.3 is 0 Å². The predicted molar refractivity (Wildman–Crippen MR) is 153 cm³/mol. The first-order valence-corrected chi connectivity index (χ1v) is 15.4. The molecule has 5 rings (SSSR count). The van der Waals surface area contributed by atoms with Crippen LogP contribution < -0.4 is 0 Å². The lowest BCUT2D eigenvalue weighted by Crippen LogP contribution is -2.34. The molecule has 1 aliphatic rings. The van der Waals surface area contributed by atoms with Crippen LogP contribution in [0.15, 0.2) is 44.0 Å². The van der Waals surface area contributed by atoms with E-state index in [0.29, 0.717) is 23.6 Å². The van der Waals surface area contributed by atoms with Crippen LogP contribution in [0.5, 0.6) is 0 Å². The van der Waals surface area contributed by atoms with Gasteiger partial charge in [0.05, 0.1) is 28.5 Å². The minimum absolute atomic E-state index is 0.151. The Morgan fingerprint density at radius 3 is 1.76 bits per heavy atom. The second-order valence-corrected chi connectivity index (χ2v) is 14.5. The highest BCUT2D eigenvalue weighted by atomic mass is 79.9. The van der Waals surface area contributed by atoms with Gasteiger partial charge in [-0.15, -0.1) is 34.0 Å². The number of nitrogens with zero attached hydrogens (tertiary/aromatic N) is 1. The molecule has 0 spiro atoms. The van der Waals surface area contributed by atoms with Crippen LogP contribution in [-0.2, 0) is 0 Å². The lowest BCUT2D eigenvalue weighted by Gasteiger charge is -2.21. The van der Waals surface area contributed by atoms with Crippen LogP contribution in [-0.4, -0.2) is 23.3 Å². The summed E-state index contributed by atoms with van der Waals surface area (Å²) in [5.74, 6) is 0.0457. The van der Waals surface area contributed by atoms with Gasteiger partial charge >= 0.3 is 0 Å². The third-order valence-electron chi connectivity index (χ3n) is 6.38. The molecule has 1 aromatic carbocycles. The van der Waals surface area contributed by atoms with E-state index < -0.39 is 0 Å². The van der Waals surface area contributed by atoms with E-state index in [0.717, 1.165) is 63.5 Å². The van der Waals surface area contributed by atoms with Gasteiger partial charge in [-0.1, -0.05) is 33.1 Å². The van der Waals surface area contributed by atoms with Crippen molar-refractivity contribution in [2.75, 3.05) is 6.54 Å². The van der Waals surface area contributed by atoms with Crippen molar-refractivity contribution in [1.29, 1.82) is 0 Å². The molecule has 176 valence electrons. The molecule has 3 aromatic heterocycles. The summed E-state index contributed by atoms with van der Waals surface area (Å²) >= 11 is 12.3. The van der Waals surface area contributed by atoms with Crippen molar-refractivity contribution in [3.8, 4) is 19.5 Å². The number of carbonyl (C=O) groups excluding carboxylic acids is 2. The SMILES string of the molecule is CCCCC(CC)CN1C(=O)c2cc3c(-c4ccc(Br)s4)sc(-c4ccc(Br)s4)c3cc2C1=O. The van der Waals surface area contributed by atoms with Crippen LogP contribution in [0.25, 0.3) is 30.3 Å². The fraction of sp³-hybridized carbons (Fsp3) is 0.308. The maximum absolute atomic E-state index is 13.4. The molecule has 4 heterocycles. The van der Waals surface area contributed by atoms with Crippen molar-refractivity contribution in [2.45, 2.75) is 39.5 Å². The number of benzene rings is 1. The first-order chi connectivity index (χ1) is 16.4. The molecule has 1 unspecified atom stereocenters. The van der Waals surface area contributed by atoms with Gasteiger partial charge in [-0.25, -0.2) is 0 Å². The zero-order valence-electron chi connectivity index (χ0n) is 18.8. The van der Waals surface area contributed by atoms with Crippen LogP contribution in [0.1, 0.15) is 60.2 Å². The van der Waals surface area contributed by atoms with Crippen molar-refractivity contribution in [3.63, 3.8) is 0 Å². The molecule has 0 fully saturated rings. The van der Waals surface area contributed by atoms with E-state index in [2.05, 4.69) is 70.0 Å². The summed E-state index contributed by atoms with van der Waals surface area (Å²) in [7, 11) is 0. The molecule has 0 radical (unpaired) electrons. The minimum Gasteiger partial charge on any atom is -0.274 e. The highest BCUT2D eigenvalue weighted by molar-refractivity contribution is 9.11. The topological polar surface area (TPSA) is 37.4 Å². The van der Waals surface area contributed by atoms with E-state index in [1.54, 1.807) is 34.0 Å². The molecule has 1 aliphatic heterocycles. The summed E-state index contributed by atoms with van der Waals surface area (Å²) in [5, 5.41) is 2.08. The van der Waals surface area contributed by atoms with Crippen molar-refractivity contribution in [2.24, 2.45) is 5.92 Å². The Balaban J connectivity index is 1.62. The zero-order valence-corrected chi connectivity index (χ0v) is 24.4. The third-order valence-corrected chi connectivity index (χ3v) is 11.2. The number of unbranched alkanes of at least 4 members (excludes halogenated alkanes) is 1. The fourth-order valence-electron chi connectivity index (χ4n) is 4.50. The quantitative estimate of drug-likeness (QED) is 0.181. The predicted octanol–water partition coefficient (Wildman–Crippen LogP) is 9.70. The number of thiophene rings is 3. The van der Waals surface area contributed by atoms with E-state index >= 15 is 0 Å². The third kappa shape index (κ3) is 4.37. The summed E-state index contributed by atoms with van der Waals surface area (Å²) in [5.41, 5.74) is 1.08. The Hall–Kier alpha value is -1.32. The molecule has 2 amide bonds. The number of halogens is 2. The number of hydrogen-bond donors (Lipinski definition) is 0. The van der Waals surface area contributed by atoms with Crippen LogP contribution in [0.4, 0.5) is 0 Å². The van der Waals surface area contributed by atoms with E-state index in [-0.39, 0.29) is 11.8 Å². The number of imide groups is 1. The molecule has 0 N–H and O–H groups in total. The van der Waals surface area contributed by atoms with Gasteiger partial charge in [0.15, 0.2) is 0 Å². The smallest absolute Gasteiger partial charge is 0.261 e. The van der Waals surface area contributed by atoms with E-state index in [9.17, 15) is 9.59 Å². The maximum atomic E-state index is 13.4. The number of hydrogen-bond acceptors (Lipinski definition) is 5. The maximum Gasteiger partial charge on any atom is 0.261 e. The van der Waals surface area contributed by atoms with Gasteiger partial charge in [0, 0.05) is 27.1 Å².